The standard InChI is InChI=1S/C6H5O3/c1-8-6(7)5-2-3-9-4-5/h3-4H,1H3. The van der Waals surface area contributed by atoms with Crippen molar-refractivity contribution in [1.29, 1.82) is 0 Å². The zero-order valence-corrected chi connectivity index (χ0v) is 4.88. The highest BCUT2D eigenvalue weighted by Gasteiger charge is 2.04. The molecule has 0 saturated carbocycles. The minimum atomic E-state index is -0.427. The van der Waals surface area contributed by atoms with E-state index in [1.54, 1.807) is 0 Å². The first-order chi connectivity index (χ1) is 4.34. The molecule has 3 heteroatoms. The number of rotatable bonds is 1. The molecular formula is C6H5O3. The van der Waals surface area contributed by atoms with E-state index in [1.165, 1.54) is 19.6 Å². The molecule has 0 aromatic carbocycles. The van der Waals surface area contributed by atoms with Gasteiger partial charge in [-0.3, -0.25) is 0 Å². The lowest BCUT2D eigenvalue weighted by Crippen LogP contribution is -1.98. The van der Waals surface area contributed by atoms with Gasteiger partial charge in [-0.2, -0.15) is 0 Å². The molecule has 0 N–H and O–H groups in total. The van der Waals surface area contributed by atoms with Crippen LogP contribution in [0.2, 0.25) is 0 Å². The molecule has 3 nitrogen and oxygen atoms in total. The summed E-state index contributed by atoms with van der Waals surface area (Å²) in [6, 6.07) is 2.55. The molecule has 0 spiro atoms. The summed E-state index contributed by atoms with van der Waals surface area (Å²) in [4.78, 5) is 10.6. The van der Waals surface area contributed by atoms with Gasteiger partial charge in [-0.25, -0.2) is 4.79 Å². The SMILES string of the molecule is COC(=O)c1[c]coc1. The zero-order valence-electron chi connectivity index (χ0n) is 4.88. The van der Waals surface area contributed by atoms with Crippen LogP contribution in [0.15, 0.2) is 16.9 Å². The Bertz CT molecular complexity index is 188. The summed E-state index contributed by atoms with van der Waals surface area (Å²) in [6.07, 6.45) is 2.58. The number of carbonyl (C=O) groups is 1. The van der Waals surface area contributed by atoms with Gasteiger partial charge in [0.25, 0.3) is 0 Å². The first kappa shape index (κ1) is 5.88. The van der Waals surface area contributed by atoms with E-state index >= 15 is 0 Å². The third-order valence-corrected chi connectivity index (χ3v) is 0.874. The highest BCUT2D eigenvalue weighted by atomic mass is 16.5. The maximum Gasteiger partial charge on any atom is 0.341 e. The van der Waals surface area contributed by atoms with Gasteiger partial charge in [-0.15, -0.1) is 0 Å². The summed E-state index contributed by atoms with van der Waals surface area (Å²) in [6.45, 7) is 0. The van der Waals surface area contributed by atoms with Crippen molar-refractivity contribution in [3.63, 3.8) is 0 Å². The molecule has 0 fully saturated rings. The van der Waals surface area contributed by atoms with Crippen LogP contribution in [-0.2, 0) is 4.74 Å². The Morgan fingerprint density at radius 2 is 2.67 bits per heavy atom. The number of carbonyl (C=O) groups excluding carboxylic acids is 1. The fourth-order valence-corrected chi connectivity index (χ4v) is 0.451. The molecular weight excluding hydrogens is 120 g/mol. The maximum absolute atomic E-state index is 10.6. The summed E-state index contributed by atoms with van der Waals surface area (Å²) < 4.78 is 8.95. The smallest absolute Gasteiger partial charge is 0.341 e. The van der Waals surface area contributed by atoms with E-state index in [0.29, 0.717) is 5.56 Å². The number of hydrogen-bond donors (Lipinski definition) is 0. The van der Waals surface area contributed by atoms with Crippen LogP contribution < -0.4 is 0 Å². The Morgan fingerprint density at radius 3 is 3.11 bits per heavy atom. The van der Waals surface area contributed by atoms with Crippen LogP contribution in [0.4, 0.5) is 0 Å². The van der Waals surface area contributed by atoms with Crippen molar-refractivity contribution < 1.29 is 13.9 Å². The fraction of sp³-hybridized carbons (Fsp3) is 0.167. The number of ether oxygens (including phenoxy) is 1. The summed E-state index contributed by atoms with van der Waals surface area (Å²) in [5, 5.41) is 0. The molecule has 47 valence electrons. The molecule has 9 heavy (non-hydrogen) atoms. The Balaban J connectivity index is 2.77. The van der Waals surface area contributed by atoms with Crippen molar-refractivity contribution in [2.24, 2.45) is 0 Å². The van der Waals surface area contributed by atoms with E-state index in [-0.39, 0.29) is 0 Å². The Kier molecular flexibility index (Phi) is 1.53. The van der Waals surface area contributed by atoms with Gasteiger partial charge in [0.15, 0.2) is 0 Å². The monoisotopic (exact) mass is 125 g/mol. The van der Waals surface area contributed by atoms with Crippen molar-refractivity contribution in [3.8, 4) is 0 Å². The first-order valence-electron chi connectivity index (χ1n) is 2.37. The van der Waals surface area contributed by atoms with Crippen molar-refractivity contribution in [1.82, 2.24) is 0 Å². The van der Waals surface area contributed by atoms with Gasteiger partial charge >= 0.3 is 5.97 Å². The average Bonchev–Trinajstić information content (AvgIpc) is 2.37. The molecule has 1 heterocycles. The van der Waals surface area contributed by atoms with Crippen LogP contribution in [0.5, 0.6) is 0 Å². The van der Waals surface area contributed by atoms with Crippen LogP contribution >= 0.6 is 0 Å². The molecule has 1 aromatic heterocycles. The third-order valence-electron chi connectivity index (χ3n) is 0.874. The second-order valence-electron chi connectivity index (χ2n) is 1.42. The second-order valence-corrected chi connectivity index (χ2v) is 1.42. The van der Waals surface area contributed by atoms with Crippen LogP contribution in [0.1, 0.15) is 10.4 Å². The Hall–Kier alpha value is -1.25. The van der Waals surface area contributed by atoms with E-state index in [2.05, 4.69) is 15.2 Å². The molecule has 0 atom stereocenters. The molecule has 0 bridgehead atoms. The lowest BCUT2D eigenvalue weighted by atomic mass is 10.4. The summed E-state index contributed by atoms with van der Waals surface area (Å²) >= 11 is 0. The van der Waals surface area contributed by atoms with Crippen molar-refractivity contribution in [2.45, 2.75) is 0 Å². The fourth-order valence-electron chi connectivity index (χ4n) is 0.451. The number of hydrogen-bond acceptors (Lipinski definition) is 3. The lowest BCUT2D eigenvalue weighted by molar-refractivity contribution is 0.0599. The van der Waals surface area contributed by atoms with Gasteiger partial charge in [-0.05, 0) is 0 Å². The third kappa shape index (κ3) is 1.10. The molecule has 0 aliphatic carbocycles. The van der Waals surface area contributed by atoms with Gasteiger partial charge in [0.05, 0.1) is 13.4 Å². The van der Waals surface area contributed by atoms with E-state index < -0.39 is 5.97 Å². The molecule has 0 aliphatic rings. The van der Waals surface area contributed by atoms with Crippen molar-refractivity contribution in [2.75, 3.05) is 7.11 Å². The number of methoxy groups -OCH3 is 1. The normalized spacial score (nSPS) is 9.00. The minimum Gasteiger partial charge on any atom is -0.471 e. The minimum absolute atomic E-state index is 0.317. The van der Waals surface area contributed by atoms with Crippen molar-refractivity contribution in [3.05, 3.63) is 24.2 Å². The molecule has 1 radical (unpaired) electrons. The molecule has 1 aromatic rings. The molecule has 0 amide bonds. The van der Waals surface area contributed by atoms with Gasteiger partial charge in [-0.1, -0.05) is 0 Å². The molecule has 0 aliphatic heterocycles. The van der Waals surface area contributed by atoms with E-state index in [4.69, 9.17) is 0 Å². The van der Waals surface area contributed by atoms with Gasteiger partial charge in [0.2, 0.25) is 0 Å². The van der Waals surface area contributed by atoms with E-state index in [0.717, 1.165) is 0 Å². The zero-order chi connectivity index (χ0) is 6.69. The lowest BCUT2D eigenvalue weighted by Gasteiger charge is -1.89. The van der Waals surface area contributed by atoms with Gasteiger partial charge < -0.3 is 9.15 Å². The van der Waals surface area contributed by atoms with Crippen LogP contribution in [-0.4, -0.2) is 13.1 Å². The first-order valence-corrected chi connectivity index (χ1v) is 2.37. The predicted molar refractivity (Wildman–Crippen MR) is 28.9 cm³/mol. The van der Waals surface area contributed by atoms with E-state index in [9.17, 15) is 4.79 Å². The maximum atomic E-state index is 10.6. The summed E-state index contributed by atoms with van der Waals surface area (Å²) in [5.74, 6) is -0.427. The van der Waals surface area contributed by atoms with Crippen LogP contribution in [0.3, 0.4) is 0 Å². The molecule has 1 rings (SSSR count). The average molecular weight is 125 g/mol. The Morgan fingerprint density at radius 1 is 1.89 bits per heavy atom. The van der Waals surface area contributed by atoms with Crippen molar-refractivity contribution >= 4 is 5.97 Å². The van der Waals surface area contributed by atoms with Crippen LogP contribution in [0, 0.1) is 6.07 Å². The topological polar surface area (TPSA) is 39.4 Å². The number of furan rings is 1. The molecule has 0 saturated heterocycles. The summed E-state index contributed by atoms with van der Waals surface area (Å²) in [5.41, 5.74) is 0.317. The Labute approximate surface area is 52.2 Å². The summed E-state index contributed by atoms with van der Waals surface area (Å²) in [7, 11) is 1.31. The predicted octanol–water partition coefficient (Wildman–Crippen LogP) is 0.866. The van der Waals surface area contributed by atoms with Crippen LogP contribution in [0.25, 0.3) is 0 Å². The second kappa shape index (κ2) is 2.35. The largest absolute Gasteiger partial charge is 0.471 e. The van der Waals surface area contributed by atoms with Gasteiger partial charge in [0.1, 0.15) is 11.8 Å². The highest BCUT2D eigenvalue weighted by Crippen LogP contribution is 1.99. The highest BCUT2D eigenvalue weighted by molar-refractivity contribution is 5.88. The van der Waals surface area contributed by atoms with Gasteiger partial charge in [0, 0.05) is 6.07 Å². The van der Waals surface area contributed by atoms with E-state index in [1.807, 2.05) is 0 Å². The quantitative estimate of drug-likeness (QED) is 0.522. The number of esters is 1. The molecule has 0 unspecified atom stereocenters.